The molecule has 4 rings (SSSR count). The molecule has 0 bridgehead atoms. The van der Waals surface area contributed by atoms with Crippen molar-refractivity contribution in [3.63, 3.8) is 0 Å². The van der Waals surface area contributed by atoms with Crippen LogP contribution in [0.15, 0.2) is 15.1 Å². The van der Waals surface area contributed by atoms with Crippen molar-refractivity contribution in [2.45, 2.75) is 58.2 Å². The largest absolute Gasteiger partial charge is 0.444 e. The summed E-state index contributed by atoms with van der Waals surface area (Å²) in [5.41, 5.74) is 0. The molecular weight excluding hydrogens is 322 g/mol. The SMILES string of the molecule is CC(=O)N(Cc1ncc(C)o1)C1CCN(Cc2nc(C3CC3)no2)C1. The van der Waals surface area contributed by atoms with Gasteiger partial charge in [-0.25, -0.2) is 4.98 Å². The first-order chi connectivity index (χ1) is 12.1. The summed E-state index contributed by atoms with van der Waals surface area (Å²) in [7, 11) is 0. The maximum Gasteiger partial charge on any atom is 0.240 e. The molecule has 2 aromatic heterocycles. The van der Waals surface area contributed by atoms with Gasteiger partial charge in [-0.1, -0.05) is 5.16 Å². The maximum absolute atomic E-state index is 12.1. The van der Waals surface area contributed by atoms with Crippen molar-refractivity contribution in [2.24, 2.45) is 0 Å². The summed E-state index contributed by atoms with van der Waals surface area (Å²) in [5, 5.41) is 4.06. The first kappa shape index (κ1) is 16.3. The summed E-state index contributed by atoms with van der Waals surface area (Å²) in [4.78, 5) is 24.9. The van der Waals surface area contributed by atoms with Crippen molar-refractivity contribution in [3.8, 4) is 0 Å². The van der Waals surface area contributed by atoms with Gasteiger partial charge in [-0.05, 0) is 26.2 Å². The highest BCUT2D eigenvalue weighted by Crippen LogP contribution is 2.38. The molecule has 25 heavy (non-hydrogen) atoms. The second-order valence-electron chi connectivity index (χ2n) is 7.01. The van der Waals surface area contributed by atoms with Crippen molar-refractivity contribution >= 4 is 5.91 Å². The number of carbonyl (C=O) groups excluding carboxylic acids is 1. The topological polar surface area (TPSA) is 88.5 Å². The standard InChI is InChI=1S/C17H23N5O3/c1-11-7-18-15(24-11)10-22(12(2)23)14-5-6-21(8-14)9-16-19-17(20-25-16)13-3-4-13/h7,13-14H,3-6,8-10H2,1-2H3. The molecule has 2 fully saturated rings. The lowest BCUT2D eigenvalue weighted by Gasteiger charge is -2.26. The van der Waals surface area contributed by atoms with Gasteiger partial charge >= 0.3 is 0 Å². The molecule has 0 radical (unpaired) electrons. The van der Waals surface area contributed by atoms with E-state index in [0.717, 1.165) is 31.1 Å². The van der Waals surface area contributed by atoms with Crippen LogP contribution in [-0.2, 0) is 17.9 Å². The zero-order chi connectivity index (χ0) is 17.4. The second kappa shape index (κ2) is 6.59. The van der Waals surface area contributed by atoms with Gasteiger partial charge < -0.3 is 13.8 Å². The van der Waals surface area contributed by atoms with Crippen LogP contribution in [0.4, 0.5) is 0 Å². The molecule has 1 saturated carbocycles. The average molecular weight is 345 g/mol. The van der Waals surface area contributed by atoms with E-state index >= 15 is 0 Å². The lowest BCUT2D eigenvalue weighted by molar-refractivity contribution is -0.132. The molecule has 0 spiro atoms. The Kier molecular flexibility index (Phi) is 4.29. The van der Waals surface area contributed by atoms with Gasteiger partial charge in [0.15, 0.2) is 5.82 Å². The van der Waals surface area contributed by atoms with E-state index in [1.807, 2.05) is 11.8 Å². The van der Waals surface area contributed by atoms with Gasteiger partial charge in [-0.15, -0.1) is 0 Å². The van der Waals surface area contributed by atoms with Crippen LogP contribution in [-0.4, -0.2) is 50.0 Å². The Bertz CT molecular complexity index is 751. The normalized spacial score (nSPS) is 21.0. The van der Waals surface area contributed by atoms with Gasteiger partial charge in [0.05, 0.1) is 19.3 Å². The predicted octanol–water partition coefficient (Wildman–Crippen LogP) is 1.87. The van der Waals surface area contributed by atoms with Crippen LogP contribution >= 0.6 is 0 Å². The van der Waals surface area contributed by atoms with Gasteiger partial charge in [0.2, 0.25) is 17.7 Å². The summed E-state index contributed by atoms with van der Waals surface area (Å²) in [6, 6.07) is 0.149. The molecule has 134 valence electrons. The van der Waals surface area contributed by atoms with Crippen molar-refractivity contribution in [1.82, 2.24) is 24.9 Å². The van der Waals surface area contributed by atoms with Crippen LogP contribution in [0, 0.1) is 6.92 Å². The third-order valence-corrected chi connectivity index (χ3v) is 4.85. The molecule has 1 aliphatic carbocycles. The quantitative estimate of drug-likeness (QED) is 0.789. The highest BCUT2D eigenvalue weighted by molar-refractivity contribution is 5.73. The molecular formula is C17H23N5O3. The molecule has 2 aromatic rings. The summed E-state index contributed by atoms with van der Waals surface area (Å²) < 4.78 is 10.9. The van der Waals surface area contributed by atoms with E-state index in [9.17, 15) is 4.79 Å². The predicted molar refractivity (Wildman–Crippen MR) is 87.4 cm³/mol. The van der Waals surface area contributed by atoms with Gasteiger partial charge in [0.1, 0.15) is 5.76 Å². The minimum atomic E-state index is 0.0384. The molecule has 1 atom stereocenters. The number of aryl methyl sites for hydroxylation is 1. The van der Waals surface area contributed by atoms with Crippen LogP contribution in [0.5, 0.6) is 0 Å². The zero-order valence-corrected chi connectivity index (χ0v) is 14.6. The Morgan fingerprint density at radius 1 is 1.36 bits per heavy atom. The number of amides is 1. The number of oxazole rings is 1. The van der Waals surface area contributed by atoms with Crippen molar-refractivity contribution in [2.75, 3.05) is 13.1 Å². The van der Waals surface area contributed by atoms with Crippen LogP contribution in [0.1, 0.15) is 55.5 Å². The summed E-state index contributed by atoms with van der Waals surface area (Å²) >= 11 is 0. The summed E-state index contributed by atoms with van der Waals surface area (Å²) in [6.45, 7) is 6.19. The number of nitrogens with zero attached hydrogens (tertiary/aromatic N) is 5. The monoisotopic (exact) mass is 345 g/mol. The minimum Gasteiger partial charge on any atom is -0.444 e. The van der Waals surface area contributed by atoms with E-state index in [1.165, 1.54) is 12.8 Å². The fourth-order valence-electron chi connectivity index (χ4n) is 3.36. The van der Waals surface area contributed by atoms with Crippen molar-refractivity contribution in [3.05, 3.63) is 29.6 Å². The lowest BCUT2D eigenvalue weighted by Crippen LogP contribution is -2.40. The maximum atomic E-state index is 12.1. The number of hydrogen-bond acceptors (Lipinski definition) is 7. The number of likely N-dealkylation sites (tertiary alicyclic amines) is 1. The smallest absolute Gasteiger partial charge is 0.240 e. The van der Waals surface area contributed by atoms with Gasteiger partial charge in [0.25, 0.3) is 0 Å². The Hall–Kier alpha value is -2.22. The molecule has 1 aliphatic heterocycles. The molecule has 0 N–H and O–H groups in total. The number of rotatable bonds is 6. The summed E-state index contributed by atoms with van der Waals surface area (Å²) in [6.07, 6.45) is 4.93. The lowest BCUT2D eigenvalue weighted by atomic mass is 10.2. The van der Waals surface area contributed by atoms with E-state index in [-0.39, 0.29) is 11.9 Å². The molecule has 1 saturated heterocycles. The molecule has 8 heteroatoms. The Morgan fingerprint density at radius 3 is 2.88 bits per heavy atom. The van der Waals surface area contributed by atoms with Gasteiger partial charge in [-0.3, -0.25) is 9.69 Å². The molecule has 1 unspecified atom stereocenters. The zero-order valence-electron chi connectivity index (χ0n) is 14.6. The van der Waals surface area contributed by atoms with Crippen molar-refractivity contribution in [1.29, 1.82) is 0 Å². The van der Waals surface area contributed by atoms with Gasteiger partial charge in [-0.2, -0.15) is 4.98 Å². The van der Waals surface area contributed by atoms with E-state index in [4.69, 9.17) is 8.94 Å². The van der Waals surface area contributed by atoms with E-state index < -0.39 is 0 Å². The minimum absolute atomic E-state index is 0.0384. The molecule has 3 heterocycles. The first-order valence-electron chi connectivity index (χ1n) is 8.82. The number of aromatic nitrogens is 3. The third kappa shape index (κ3) is 3.73. The highest BCUT2D eigenvalue weighted by Gasteiger charge is 2.32. The fraction of sp³-hybridized carbons (Fsp3) is 0.647. The van der Waals surface area contributed by atoms with Crippen LogP contribution in [0.3, 0.4) is 0 Å². The van der Waals surface area contributed by atoms with Gasteiger partial charge in [0, 0.05) is 32.0 Å². The first-order valence-corrected chi connectivity index (χ1v) is 8.82. The average Bonchev–Trinajstić information content (AvgIpc) is 2.95. The summed E-state index contributed by atoms with van der Waals surface area (Å²) in [5.74, 6) is 3.39. The number of carbonyl (C=O) groups is 1. The fourth-order valence-corrected chi connectivity index (χ4v) is 3.36. The molecule has 2 aliphatic rings. The molecule has 8 nitrogen and oxygen atoms in total. The molecule has 0 aromatic carbocycles. The van der Waals surface area contributed by atoms with Crippen LogP contribution < -0.4 is 0 Å². The Balaban J connectivity index is 1.36. The second-order valence-corrected chi connectivity index (χ2v) is 7.01. The van der Waals surface area contributed by atoms with E-state index in [2.05, 4.69) is 20.0 Å². The van der Waals surface area contributed by atoms with E-state index in [0.29, 0.717) is 30.8 Å². The highest BCUT2D eigenvalue weighted by atomic mass is 16.5. The number of hydrogen-bond donors (Lipinski definition) is 0. The Morgan fingerprint density at radius 2 is 2.20 bits per heavy atom. The van der Waals surface area contributed by atoms with E-state index in [1.54, 1.807) is 13.1 Å². The van der Waals surface area contributed by atoms with Crippen LogP contribution in [0.25, 0.3) is 0 Å². The van der Waals surface area contributed by atoms with Crippen molar-refractivity contribution < 1.29 is 13.7 Å². The third-order valence-electron chi connectivity index (χ3n) is 4.85. The van der Waals surface area contributed by atoms with Crippen LogP contribution in [0.2, 0.25) is 0 Å². The Labute approximate surface area is 146 Å². The molecule has 1 amide bonds.